The van der Waals surface area contributed by atoms with Gasteiger partial charge in [-0.25, -0.2) is 0 Å². The fourth-order valence-corrected chi connectivity index (χ4v) is 4.47. The average molecular weight is 434 g/mol. The molecule has 0 bridgehead atoms. The van der Waals surface area contributed by atoms with Crippen molar-refractivity contribution in [3.63, 3.8) is 0 Å². The van der Waals surface area contributed by atoms with Crippen LogP contribution in [-0.2, 0) is 0 Å². The number of carbonyl (C=O) groups is 1. The van der Waals surface area contributed by atoms with Gasteiger partial charge in [0.05, 0.1) is 8.66 Å². The van der Waals surface area contributed by atoms with Crippen molar-refractivity contribution in [2.75, 3.05) is 5.32 Å². The van der Waals surface area contributed by atoms with Gasteiger partial charge < -0.3 is 4.42 Å². The first-order chi connectivity index (χ1) is 12.0. The van der Waals surface area contributed by atoms with Gasteiger partial charge in [-0.2, -0.15) is 9.36 Å². The second kappa shape index (κ2) is 6.36. The quantitative estimate of drug-likeness (QED) is 0.453. The zero-order chi connectivity index (χ0) is 17.6. The summed E-state index contributed by atoms with van der Waals surface area (Å²) in [7, 11) is 0. The normalized spacial score (nSPS) is 11.2. The first-order valence-corrected chi connectivity index (χ1v) is 9.80. The first-order valence-electron chi connectivity index (χ1n) is 7.42. The van der Waals surface area contributed by atoms with Gasteiger partial charge in [0.2, 0.25) is 5.13 Å². The number of benzene rings is 1. The van der Waals surface area contributed by atoms with Gasteiger partial charge in [-0.1, -0.05) is 11.6 Å². The zero-order valence-corrected chi connectivity index (χ0v) is 16.5. The number of nitrogens with zero attached hydrogens (tertiary/aromatic N) is 2. The molecular formula is C17H12BrN3O2S2. The van der Waals surface area contributed by atoms with Crippen molar-refractivity contribution < 1.29 is 9.21 Å². The Kier molecular flexibility index (Phi) is 4.18. The highest BCUT2D eigenvalue weighted by Gasteiger charge is 2.19. The van der Waals surface area contributed by atoms with E-state index in [1.54, 1.807) is 11.3 Å². The molecule has 8 heteroatoms. The number of carbonyl (C=O) groups excluding carboxylic acids is 1. The maximum absolute atomic E-state index is 12.6. The minimum Gasteiger partial charge on any atom is -0.451 e. The third kappa shape index (κ3) is 3.12. The van der Waals surface area contributed by atoms with E-state index in [1.807, 2.05) is 44.2 Å². The highest BCUT2D eigenvalue weighted by atomic mass is 79.9. The molecule has 1 N–H and O–H groups in total. The maximum atomic E-state index is 12.6. The van der Waals surface area contributed by atoms with Gasteiger partial charge in [0, 0.05) is 22.5 Å². The first kappa shape index (κ1) is 16.4. The van der Waals surface area contributed by atoms with Gasteiger partial charge in [-0.3, -0.25) is 10.1 Å². The van der Waals surface area contributed by atoms with Gasteiger partial charge in [0.25, 0.3) is 5.91 Å². The molecular weight excluding hydrogens is 422 g/mol. The molecule has 0 radical (unpaired) electrons. The van der Waals surface area contributed by atoms with Crippen molar-refractivity contribution in [2.24, 2.45) is 0 Å². The molecule has 3 aromatic heterocycles. The molecule has 25 heavy (non-hydrogen) atoms. The van der Waals surface area contributed by atoms with Crippen molar-refractivity contribution in [3.05, 3.63) is 51.0 Å². The zero-order valence-electron chi connectivity index (χ0n) is 13.3. The van der Waals surface area contributed by atoms with Gasteiger partial charge in [0.15, 0.2) is 11.6 Å². The Labute approximate surface area is 160 Å². The molecule has 0 fully saturated rings. The van der Waals surface area contributed by atoms with Gasteiger partial charge in [-0.05, 0) is 54.0 Å². The number of rotatable bonds is 3. The Hall–Kier alpha value is -2.03. The van der Waals surface area contributed by atoms with Crippen LogP contribution in [0.3, 0.4) is 0 Å². The Morgan fingerprint density at radius 1 is 1.24 bits per heavy atom. The molecule has 3 heterocycles. The molecule has 4 aromatic rings. The number of fused-ring (bicyclic) bond motifs is 1. The van der Waals surface area contributed by atoms with E-state index in [0.717, 1.165) is 36.7 Å². The Balaban J connectivity index is 1.60. The lowest BCUT2D eigenvalue weighted by Gasteiger charge is -1.98. The molecule has 0 saturated carbocycles. The van der Waals surface area contributed by atoms with Crippen molar-refractivity contribution in [1.29, 1.82) is 0 Å². The molecule has 0 spiro atoms. The highest BCUT2D eigenvalue weighted by Crippen LogP contribution is 2.31. The smallest absolute Gasteiger partial charge is 0.293 e. The van der Waals surface area contributed by atoms with E-state index in [4.69, 9.17) is 4.42 Å². The number of halogens is 1. The third-order valence-corrected chi connectivity index (χ3v) is 5.99. The summed E-state index contributed by atoms with van der Waals surface area (Å²) < 4.78 is 11.0. The van der Waals surface area contributed by atoms with Crippen LogP contribution in [0.15, 0.2) is 38.5 Å². The van der Waals surface area contributed by atoms with Crippen LogP contribution in [0, 0.1) is 13.8 Å². The van der Waals surface area contributed by atoms with Crippen LogP contribution in [0.25, 0.3) is 21.7 Å². The number of aryl methyl sites for hydroxylation is 2. The summed E-state index contributed by atoms with van der Waals surface area (Å²) in [6, 6.07) is 9.74. The maximum Gasteiger partial charge on any atom is 0.293 e. The van der Waals surface area contributed by atoms with E-state index >= 15 is 0 Å². The molecule has 0 aliphatic carbocycles. The number of nitrogens with one attached hydrogen (secondary N) is 1. The molecule has 0 atom stereocenters. The molecule has 0 aliphatic heterocycles. The van der Waals surface area contributed by atoms with E-state index in [2.05, 4.69) is 30.6 Å². The number of amides is 1. The summed E-state index contributed by atoms with van der Waals surface area (Å²) in [5.74, 6) is 0.589. The van der Waals surface area contributed by atoms with Crippen LogP contribution in [0.5, 0.6) is 0 Å². The summed E-state index contributed by atoms with van der Waals surface area (Å²) in [4.78, 5) is 17.9. The molecule has 0 saturated heterocycles. The van der Waals surface area contributed by atoms with E-state index in [-0.39, 0.29) is 5.91 Å². The highest BCUT2D eigenvalue weighted by molar-refractivity contribution is 9.11. The largest absolute Gasteiger partial charge is 0.451 e. The second-order valence-corrected chi connectivity index (χ2v) is 8.75. The molecule has 0 aliphatic rings. The second-order valence-electron chi connectivity index (χ2n) is 5.54. The fourth-order valence-electron chi connectivity index (χ4n) is 2.51. The summed E-state index contributed by atoms with van der Waals surface area (Å²) in [6.45, 7) is 3.90. The summed E-state index contributed by atoms with van der Waals surface area (Å²) >= 11 is 6.11. The average Bonchev–Trinajstić information content (AvgIpc) is 3.28. The molecule has 1 aromatic carbocycles. The number of hydrogen-bond acceptors (Lipinski definition) is 6. The SMILES string of the molecule is Cc1ccc2oc(C(=O)Nc3nc(-c4ccc(Br)s4)ns3)c(C)c2c1. The van der Waals surface area contributed by atoms with Gasteiger partial charge in [0.1, 0.15) is 5.58 Å². The van der Waals surface area contributed by atoms with E-state index < -0.39 is 0 Å². The Bertz CT molecular complexity index is 1100. The Morgan fingerprint density at radius 2 is 2.08 bits per heavy atom. The van der Waals surface area contributed by atoms with Crippen molar-refractivity contribution in [3.8, 4) is 10.7 Å². The van der Waals surface area contributed by atoms with Crippen molar-refractivity contribution in [2.45, 2.75) is 13.8 Å². The van der Waals surface area contributed by atoms with E-state index in [9.17, 15) is 4.79 Å². The van der Waals surface area contributed by atoms with Gasteiger partial charge in [-0.15, -0.1) is 11.3 Å². The third-order valence-electron chi connectivity index (χ3n) is 3.74. The lowest BCUT2D eigenvalue weighted by Crippen LogP contribution is -2.11. The number of furan rings is 1. The lowest BCUT2D eigenvalue weighted by molar-refractivity contribution is 0.0998. The number of aromatic nitrogens is 2. The monoisotopic (exact) mass is 433 g/mol. The van der Waals surface area contributed by atoms with Crippen LogP contribution in [-0.4, -0.2) is 15.3 Å². The summed E-state index contributed by atoms with van der Waals surface area (Å²) in [5.41, 5.74) is 2.65. The van der Waals surface area contributed by atoms with Crippen molar-refractivity contribution in [1.82, 2.24) is 9.36 Å². The van der Waals surface area contributed by atoms with E-state index in [0.29, 0.717) is 22.3 Å². The standard InChI is InChI=1S/C17H12BrN3O2S2/c1-8-3-4-11-10(7-8)9(2)14(23-11)16(22)20-17-19-15(21-25-17)12-5-6-13(18)24-12/h3-7H,1-2H3,(H,19,20,21,22). The summed E-state index contributed by atoms with van der Waals surface area (Å²) in [5, 5.41) is 4.17. The lowest BCUT2D eigenvalue weighted by atomic mass is 10.1. The molecule has 5 nitrogen and oxygen atoms in total. The predicted octanol–water partition coefficient (Wildman–Crippen LogP) is 5.64. The van der Waals surface area contributed by atoms with Crippen LogP contribution < -0.4 is 5.32 Å². The molecule has 4 rings (SSSR count). The minimum absolute atomic E-state index is 0.302. The minimum atomic E-state index is -0.318. The van der Waals surface area contributed by atoms with Crippen LogP contribution in [0.2, 0.25) is 0 Å². The molecule has 0 unspecified atom stereocenters. The fraction of sp³-hybridized carbons (Fsp3) is 0.118. The Morgan fingerprint density at radius 3 is 2.84 bits per heavy atom. The van der Waals surface area contributed by atoms with Crippen LogP contribution in [0.4, 0.5) is 5.13 Å². The molecule has 126 valence electrons. The topological polar surface area (TPSA) is 68.0 Å². The number of thiophene rings is 1. The van der Waals surface area contributed by atoms with Crippen molar-refractivity contribution >= 4 is 60.8 Å². The van der Waals surface area contributed by atoms with Crippen LogP contribution >= 0.6 is 38.8 Å². The summed E-state index contributed by atoms with van der Waals surface area (Å²) in [6.07, 6.45) is 0. The van der Waals surface area contributed by atoms with E-state index in [1.165, 1.54) is 0 Å². The molecule has 1 amide bonds. The van der Waals surface area contributed by atoms with Gasteiger partial charge >= 0.3 is 0 Å². The predicted molar refractivity (Wildman–Crippen MR) is 105 cm³/mol. The number of hydrogen-bond donors (Lipinski definition) is 1. The number of anilines is 1. The van der Waals surface area contributed by atoms with Crippen LogP contribution in [0.1, 0.15) is 21.7 Å².